The van der Waals surface area contributed by atoms with Gasteiger partial charge in [-0.25, -0.2) is 0 Å². The monoisotopic (exact) mass is 207 g/mol. The molecule has 0 fully saturated rings. The van der Waals surface area contributed by atoms with Crippen LogP contribution in [0.1, 0.15) is 36.1 Å². The molecular formula is C13H21NO. The molecule has 0 bridgehead atoms. The van der Waals surface area contributed by atoms with E-state index in [1.807, 2.05) is 6.92 Å². The molecule has 0 saturated heterocycles. The van der Waals surface area contributed by atoms with Crippen molar-refractivity contribution in [3.63, 3.8) is 0 Å². The van der Waals surface area contributed by atoms with E-state index in [1.54, 1.807) is 0 Å². The lowest BCUT2D eigenvalue weighted by atomic mass is 9.99. The minimum Gasteiger partial charge on any atom is -0.388 e. The van der Waals surface area contributed by atoms with E-state index in [4.69, 9.17) is 0 Å². The third-order valence-corrected chi connectivity index (χ3v) is 2.64. The first kappa shape index (κ1) is 12.2. The van der Waals surface area contributed by atoms with Crippen LogP contribution < -0.4 is 5.32 Å². The topological polar surface area (TPSA) is 32.3 Å². The molecule has 0 aromatic heterocycles. The van der Waals surface area contributed by atoms with Gasteiger partial charge < -0.3 is 10.4 Å². The van der Waals surface area contributed by atoms with Gasteiger partial charge in [0.1, 0.15) is 0 Å². The van der Waals surface area contributed by atoms with Crippen molar-refractivity contribution in [2.24, 2.45) is 0 Å². The lowest BCUT2D eigenvalue weighted by molar-refractivity contribution is 0.166. The Morgan fingerprint density at radius 2 is 2.07 bits per heavy atom. The normalized spacial score (nSPS) is 12.8. The van der Waals surface area contributed by atoms with Crippen LogP contribution in [0.5, 0.6) is 0 Å². The summed E-state index contributed by atoms with van der Waals surface area (Å²) in [6.07, 6.45) is 0.432. The molecule has 1 unspecified atom stereocenters. The maximum Gasteiger partial charge on any atom is 0.0804 e. The average molecular weight is 207 g/mol. The van der Waals surface area contributed by atoms with Crippen molar-refractivity contribution in [2.45, 2.75) is 33.3 Å². The summed E-state index contributed by atoms with van der Waals surface area (Å²) in [6, 6.07) is 6.23. The van der Waals surface area contributed by atoms with Gasteiger partial charge in [0, 0.05) is 0 Å². The lowest BCUT2D eigenvalue weighted by Crippen LogP contribution is -2.17. The summed E-state index contributed by atoms with van der Waals surface area (Å²) in [5.41, 5.74) is 3.44. The first-order chi connectivity index (χ1) is 7.15. The van der Waals surface area contributed by atoms with Crippen molar-refractivity contribution < 1.29 is 5.11 Å². The van der Waals surface area contributed by atoms with Gasteiger partial charge in [0.25, 0.3) is 0 Å². The fourth-order valence-electron chi connectivity index (χ4n) is 1.69. The highest BCUT2D eigenvalue weighted by molar-refractivity contribution is 5.32. The number of hydrogen-bond donors (Lipinski definition) is 2. The number of aliphatic hydroxyl groups excluding tert-OH is 1. The van der Waals surface area contributed by atoms with Crippen LogP contribution in [-0.4, -0.2) is 18.2 Å². The van der Waals surface area contributed by atoms with Gasteiger partial charge in [-0.1, -0.05) is 30.7 Å². The molecule has 15 heavy (non-hydrogen) atoms. The molecule has 0 saturated carbocycles. The molecule has 0 heterocycles. The van der Waals surface area contributed by atoms with E-state index in [2.05, 4.69) is 37.4 Å². The molecule has 0 aliphatic rings. The lowest BCUT2D eigenvalue weighted by Gasteiger charge is -2.14. The number of rotatable bonds is 5. The van der Waals surface area contributed by atoms with Crippen LogP contribution in [0, 0.1) is 13.8 Å². The first-order valence-electron chi connectivity index (χ1n) is 5.61. The van der Waals surface area contributed by atoms with E-state index in [1.165, 1.54) is 11.1 Å². The van der Waals surface area contributed by atoms with Gasteiger partial charge in [-0.05, 0) is 44.5 Å². The predicted molar refractivity (Wildman–Crippen MR) is 64.0 cm³/mol. The van der Waals surface area contributed by atoms with Crippen LogP contribution in [0.3, 0.4) is 0 Å². The summed E-state index contributed by atoms with van der Waals surface area (Å²) in [7, 11) is 0. The predicted octanol–water partition coefficient (Wildman–Crippen LogP) is 2.34. The van der Waals surface area contributed by atoms with Gasteiger partial charge in [-0.2, -0.15) is 0 Å². The van der Waals surface area contributed by atoms with Gasteiger partial charge in [0.15, 0.2) is 0 Å². The largest absolute Gasteiger partial charge is 0.388 e. The highest BCUT2D eigenvalue weighted by Crippen LogP contribution is 2.21. The molecule has 1 atom stereocenters. The smallest absolute Gasteiger partial charge is 0.0804 e. The number of nitrogens with one attached hydrogen (secondary N) is 1. The van der Waals surface area contributed by atoms with E-state index in [0.29, 0.717) is 0 Å². The Morgan fingerprint density at radius 1 is 1.33 bits per heavy atom. The summed E-state index contributed by atoms with van der Waals surface area (Å²) in [4.78, 5) is 0. The number of benzene rings is 1. The molecule has 2 nitrogen and oxygen atoms in total. The first-order valence-corrected chi connectivity index (χ1v) is 5.61. The second-order valence-electron chi connectivity index (χ2n) is 4.02. The Balaban J connectivity index is 2.64. The van der Waals surface area contributed by atoms with Crippen LogP contribution >= 0.6 is 0 Å². The molecule has 0 aliphatic heterocycles. The molecule has 0 aliphatic carbocycles. The molecule has 2 heteroatoms. The van der Waals surface area contributed by atoms with Gasteiger partial charge >= 0.3 is 0 Å². The number of aryl methyl sites for hydroxylation is 2. The minimum atomic E-state index is -0.344. The zero-order valence-corrected chi connectivity index (χ0v) is 9.88. The third kappa shape index (κ3) is 3.65. The molecule has 1 aromatic rings. The minimum absolute atomic E-state index is 0.344. The van der Waals surface area contributed by atoms with E-state index < -0.39 is 0 Å². The molecule has 0 amide bonds. The maximum atomic E-state index is 10.0. The molecule has 84 valence electrons. The zero-order chi connectivity index (χ0) is 11.3. The summed E-state index contributed by atoms with van der Waals surface area (Å²) in [6.45, 7) is 8.00. The van der Waals surface area contributed by atoms with Crippen LogP contribution in [0.2, 0.25) is 0 Å². The van der Waals surface area contributed by atoms with E-state index >= 15 is 0 Å². The molecule has 0 radical (unpaired) electrons. The van der Waals surface area contributed by atoms with Crippen LogP contribution in [0.25, 0.3) is 0 Å². The second kappa shape index (κ2) is 5.89. The SMILES string of the molecule is CCNCCC(O)c1cc(C)ccc1C. The van der Waals surface area contributed by atoms with Crippen LogP contribution in [-0.2, 0) is 0 Å². The van der Waals surface area contributed by atoms with E-state index in [9.17, 15) is 5.11 Å². The fraction of sp³-hybridized carbons (Fsp3) is 0.538. The summed E-state index contributed by atoms with van der Waals surface area (Å²) >= 11 is 0. The van der Waals surface area contributed by atoms with Gasteiger partial charge in [-0.3, -0.25) is 0 Å². The molecular weight excluding hydrogens is 186 g/mol. The average Bonchev–Trinajstić information content (AvgIpc) is 2.22. The second-order valence-corrected chi connectivity index (χ2v) is 4.02. The van der Waals surface area contributed by atoms with Crippen molar-refractivity contribution in [3.8, 4) is 0 Å². The summed E-state index contributed by atoms with van der Waals surface area (Å²) in [5, 5.41) is 13.2. The summed E-state index contributed by atoms with van der Waals surface area (Å²) in [5.74, 6) is 0. The number of hydrogen-bond acceptors (Lipinski definition) is 2. The Labute approximate surface area is 92.3 Å². The fourth-order valence-corrected chi connectivity index (χ4v) is 1.69. The Bertz CT molecular complexity index is 309. The quantitative estimate of drug-likeness (QED) is 0.726. The van der Waals surface area contributed by atoms with Gasteiger partial charge in [0.2, 0.25) is 0 Å². The Hall–Kier alpha value is -0.860. The zero-order valence-electron chi connectivity index (χ0n) is 9.88. The Morgan fingerprint density at radius 3 is 2.73 bits per heavy atom. The van der Waals surface area contributed by atoms with Crippen molar-refractivity contribution in [1.82, 2.24) is 5.32 Å². The molecule has 2 N–H and O–H groups in total. The summed E-state index contributed by atoms with van der Waals surface area (Å²) < 4.78 is 0. The van der Waals surface area contributed by atoms with Crippen molar-refractivity contribution in [3.05, 3.63) is 34.9 Å². The van der Waals surface area contributed by atoms with Crippen molar-refractivity contribution >= 4 is 0 Å². The maximum absolute atomic E-state index is 10.0. The highest BCUT2D eigenvalue weighted by Gasteiger charge is 2.09. The van der Waals surface area contributed by atoms with Gasteiger partial charge in [-0.15, -0.1) is 0 Å². The molecule has 0 spiro atoms. The van der Waals surface area contributed by atoms with Crippen molar-refractivity contribution in [1.29, 1.82) is 0 Å². The molecule has 1 aromatic carbocycles. The van der Waals surface area contributed by atoms with E-state index in [-0.39, 0.29) is 6.10 Å². The van der Waals surface area contributed by atoms with E-state index in [0.717, 1.165) is 25.1 Å². The standard InChI is InChI=1S/C13H21NO/c1-4-14-8-7-13(15)12-9-10(2)5-6-11(12)3/h5-6,9,13-15H,4,7-8H2,1-3H3. The third-order valence-electron chi connectivity index (χ3n) is 2.64. The van der Waals surface area contributed by atoms with Gasteiger partial charge in [0.05, 0.1) is 6.10 Å². The van der Waals surface area contributed by atoms with Crippen LogP contribution in [0.4, 0.5) is 0 Å². The highest BCUT2D eigenvalue weighted by atomic mass is 16.3. The molecule has 1 rings (SSSR count). The van der Waals surface area contributed by atoms with Crippen LogP contribution in [0.15, 0.2) is 18.2 Å². The number of aliphatic hydroxyl groups is 1. The van der Waals surface area contributed by atoms with Crippen molar-refractivity contribution in [2.75, 3.05) is 13.1 Å². The Kier molecular flexibility index (Phi) is 4.79.